The van der Waals surface area contributed by atoms with Crippen LogP contribution in [0.4, 0.5) is 29.3 Å². The van der Waals surface area contributed by atoms with Crippen LogP contribution < -0.4 is 15.0 Å². The van der Waals surface area contributed by atoms with E-state index in [1.165, 1.54) is 0 Å². The van der Waals surface area contributed by atoms with Crippen molar-refractivity contribution in [2.45, 2.75) is 44.5 Å². The number of carbonyl (C=O) groups excluding carboxylic acids is 2. The first kappa shape index (κ1) is 23.3. The molecule has 192 valence electrons. The van der Waals surface area contributed by atoms with Crippen LogP contribution in [-0.2, 0) is 17.9 Å². The van der Waals surface area contributed by atoms with Gasteiger partial charge in [-0.15, -0.1) is 0 Å². The zero-order chi connectivity index (χ0) is 25.7. The highest BCUT2D eigenvalue weighted by Crippen LogP contribution is 2.40. The van der Waals surface area contributed by atoms with Gasteiger partial charge < -0.3 is 19.9 Å². The number of hydrogen-bond acceptors (Lipinski definition) is 6. The third kappa shape index (κ3) is 4.45. The fourth-order valence-electron chi connectivity index (χ4n) is 4.91. The Morgan fingerprint density at radius 1 is 1.08 bits per heavy atom. The molecule has 3 amide bonds. The summed E-state index contributed by atoms with van der Waals surface area (Å²) in [4.78, 5) is 37.3. The molecule has 0 radical (unpaired) electrons. The Morgan fingerprint density at radius 3 is 2.51 bits per heavy atom. The molecule has 2 aromatic heterocycles. The first-order valence-corrected chi connectivity index (χ1v) is 11.9. The SMILES string of the molecule is O=C1CC(Oc2ncccn2)CN1c1cnn2c1CN(C(=O)Nc1cc(F)c(F)c(F)c1)C(C1CC1)C2. The first-order valence-electron chi connectivity index (χ1n) is 11.9. The van der Waals surface area contributed by atoms with Crippen LogP contribution >= 0.6 is 0 Å². The van der Waals surface area contributed by atoms with Gasteiger partial charge in [-0.25, -0.2) is 27.9 Å². The maximum Gasteiger partial charge on any atom is 0.322 e. The summed E-state index contributed by atoms with van der Waals surface area (Å²) in [6, 6.07) is 2.57. The monoisotopic (exact) mass is 513 g/mol. The molecule has 2 atom stereocenters. The molecule has 3 aliphatic rings. The Kier molecular flexibility index (Phi) is 5.69. The smallest absolute Gasteiger partial charge is 0.322 e. The summed E-state index contributed by atoms with van der Waals surface area (Å²) in [5, 5.41) is 6.96. The zero-order valence-corrected chi connectivity index (χ0v) is 19.5. The molecule has 1 saturated carbocycles. The normalized spacial score (nSPS) is 21.2. The third-order valence-corrected chi connectivity index (χ3v) is 6.86. The topological polar surface area (TPSA) is 105 Å². The van der Waals surface area contributed by atoms with E-state index < -0.39 is 29.6 Å². The molecule has 37 heavy (non-hydrogen) atoms. The Balaban J connectivity index is 1.22. The fraction of sp³-hybridized carbons (Fsp3) is 0.375. The Bertz CT molecular complexity index is 1340. The summed E-state index contributed by atoms with van der Waals surface area (Å²) in [7, 11) is 0. The van der Waals surface area contributed by atoms with E-state index in [-0.39, 0.29) is 49.1 Å². The van der Waals surface area contributed by atoms with E-state index in [2.05, 4.69) is 20.4 Å². The van der Waals surface area contributed by atoms with E-state index >= 15 is 0 Å². The lowest BCUT2D eigenvalue weighted by Crippen LogP contribution is -2.49. The minimum atomic E-state index is -1.60. The average Bonchev–Trinajstić information content (AvgIpc) is 3.55. The summed E-state index contributed by atoms with van der Waals surface area (Å²) in [5.74, 6) is -4.27. The highest BCUT2D eigenvalue weighted by atomic mass is 19.2. The van der Waals surface area contributed by atoms with E-state index in [9.17, 15) is 22.8 Å². The van der Waals surface area contributed by atoms with Crippen LogP contribution in [0.2, 0.25) is 0 Å². The maximum atomic E-state index is 13.7. The molecule has 4 heterocycles. The second-order valence-electron chi connectivity index (χ2n) is 9.36. The molecular weight excluding hydrogens is 491 g/mol. The highest BCUT2D eigenvalue weighted by molar-refractivity contribution is 5.97. The largest absolute Gasteiger partial charge is 0.458 e. The molecule has 0 spiro atoms. The van der Waals surface area contributed by atoms with E-state index in [0.29, 0.717) is 17.9 Å². The van der Waals surface area contributed by atoms with Gasteiger partial charge in [-0.3, -0.25) is 9.48 Å². The molecule has 6 rings (SSSR count). The van der Waals surface area contributed by atoms with E-state index in [1.807, 2.05) is 0 Å². The molecule has 1 aromatic carbocycles. The molecular formula is C24H22F3N7O3. The summed E-state index contributed by atoms with van der Waals surface area (Å²) >= 11 is 0. The van der Waals surface area contributed by atoms with Gasteiger partial charge in [-0.2, -0.15) is 5.10 Å². The average molecular weight is 513 g/mol. The number of ether oxygens (including phenoxy) is 1. The lowest BCUT2D eigenvalue weighted by atomic mass is 10.1. The number of nitrogens with one attached hydrogen (secondary N) is 1. The van der Waals surface area contributed by atoms with Crippen molar-refractivity contribution in [3.8, 4) is 6.01 Å². The Hall–Kier alpha value is -4.16. The first-order chi connectivity index (χ1) is 17.9. The van der Waals surface area contributed by atoms with Crippen LogP contribution in [0.5, 0.6) is 6.01 Å². The standard InChI is InChI=1S/C24H22F3N7O3/c25-16-6-14(7-17(26)22(16)27)31-24(36)33-11-20-18(9-30-34(20)12-19(33)13-2-3-13)32-10-15(8-21(32)35)37-23-28-4-1-5-29-23/h1,4-7,9,13,15,19H,2-3,8,10-12H2,(H,31,36). The van der Waals surface area contributed by atoms with Crippen molar-refractivity contribution in [1.29, 1.82) is 0 Å². The number of urea groups is 1. The van der Waals surface area contributed by atoms with Gasteiger partial charge in [0.25, 0.3) is 0 Å². The van der Waals surface area contributed by atoms with Crippen molar-refractivity contribution in [3.63, 3.8) is 0 Å². The van der Waals surface area contributed by atoms with Crippen LogP contribution in [-0.4, -0.2) is 55.3 Å². The van der Waals surface area contributed by atoms with Gasteiger partial charge >= 0.3 is 12.0 Å². The molecule has 1 N–H and O–H groups in total. The van der Waals surface area contributed by atoms with Gasteiger partial charge in [-0.05, 0) is 24.8 Å². The van der Waals surface area contributed by atoms with Crippen molar-refractivity contribution in [2.75, 3.05) is 16.8 Å². The molecule has 1 saturated heterocycles. The number of benzene rings is 1. The molecule has 2 unspecified atom stereocenters. The Labute approximate surface area is 209 Å². The molecule has 3 aromatic rings. The third-order valence-electron chi connectivity index (χ3n) is 6.86. The highest BCUT2D eigenvalue weighted by Gasteiger charge is 2.43. The molecule has 0 bridgehead atoms. The molecule has 2 fully saturated rings. The van der Waals surface area contributed by atoms with E-state index in [1.54, 1.807) is 39.1 Å². The van der Waals surface area contributed by atoms with Crippen molar-refractivity contribution in [2.24, 2.45) is 5.92 Å². The number of aromatic nitrogens is 4. The summed E-state index contributed by atoms with van der Waals surface area (Å²) < 4.78 is 48.3. The van der Waals surface area contributed by atoms with E-state index in [4.69, 9.17) is 4.74 Å². The number of anilines is 2. The predicted molar refractivity (Wildman–Crippen MR) is 123 cm³/mol. The predicted octanol–water partition coefficient (Wildman–Crippen LogP) is 3.10. The molecule has 1 aliphatic carbocycles. The molecule has 10 nitrogen and oxygen atoms in total. The second-order valence-corrected chi connectivity index (χ2v) is 9.36. The van der Waals surface area contributed by atoms with Crippen LogP contribution in [0.3, 0.4) is 0 Å². The number of hydrogen-bond donors (Lipinski definition) is 1. The van der Waals surface area contributed by atoms with Crippen LogP contribution in [0.15, 0.2) is 36.8 Å². The number of carbonyl (C=O) groups is 2. The summed E-state index contributed by atoms with van der Waals surface area (Å²) in [6.07, 6.45) is 6.29. The fourth-order valence-corrected chi connectivity index (χ4v) is 4.91. The quantitative estimate of drug-likeness (QED) is 0.526. The summed E-state index contributed by atoms with van der Waals surface area (Å²) in [6.45, 7) is 0.813. The Morgan fingerprint density at radius 2 is 1.81 bits per heavy atom. The summed E-state index contributed by atoms with van der Waals surface area (Å²) in [5.41, 5.74) is 1.04. The van der Waals surface area contributed by atoms with Crippen molar-refractivity contribution in [1.82, 2.24) is 24.6 Å². The minimum Gasteiger partial charge on any atom is -0.458 e. The number of rotatable bonds is 5. The lowest BCUT2D eigenvalue weighted by molar-refractivity contribution is -0.117. The van der Waals surface area contributed by atoms with Crippen molar-refractivity contribution < 1.29 is 27.5 Å². The minimum absolute atomic E-state index is 0.131. The van der Waals surface area contributed by atoms with Gasteiger partial charge in [-0.1, -0.05) is 0 Å². The number of nitrogens with zero attached hydrogens (tertiary/aromatic N) is 6. The van der Waals surface area contributed by atoms with Crippen molar-refractivity contribution in [3.05, 3.63) is 59.9 Å². The lowest BCUT2D eigenvalue weighted by Gasteiger charge is -2.37. The number of fused-ring (bicyclic) bond motifs is 1. The van der Waals surface area contributed by atoms with Gasteiger partial charge in [0.2, 0.25) is 5.91 Å². The molecule has 2 aliphatic heterocycles. The zero-order valence-electron chi connectivity index (χ0n) is 19.5. The van der Waals surface area contributed by atoms with Gasteiger partial charge in [0.05, 0.1) is 49.7 Å². The maximum absolute atomic E-state index is 13.7. The second kappa shape index (κ2) is 9.05. The van der Waals surface area contributed by atoms with Crippen LogP contribution in [0.1, 0.15) is 25.0 Å². The van der Waals surface area contributed by atoms with Crippen molar-refractivity contribution >= 4 is 23.3 Å². The number of halogens is 3. The van der Waals surface area contributed by atoms with Gasteiger partial charge in [0.15, 0.2) is 17.5 Å². The van der Waals surface area contributed by atoms with E-state index in [0.717, 1.165) is 25.0 Å². The molecule has 13 heteroatoms. The van der Waals surface area contributed by atoms with Crippen LogP contribution in [0, 0.1) is 23.4 Å². The number of amides is 3. The van der Waals surface area contributed by atoms with Crippen LogP contribution in [0.25, 0.3) is 0 Å². The van der Waals surface area contributed by atoms with Gasteiger partial charge in [0, 0.05) is 30.2 Å². The van der Waals surface area contributed by atoms with Gasteiger partial charge in [0.1, 0.15) is 6.10 Å².